The number of hydrogen-bond donors (Lipinski definition) is 1. The van der Waals surface area contributed by atoms with Crippen molar-refractivity contribution in [2.24, 2.45) is 10.2 Å². The standard InChI is InChI=1S/C12H12IN3S.HI/c1-8-2-4-9(5-3-8)11-14-15-12-16(11)7-10(6-13)17-12;/h2-5,10H,6-7H2,1H3;1H. The molecule has 6 heteroatoms. The summed E-state index contributed by atoms with van der Waals surface area (Å²) in [6.07, 6.45) is 0. The molecule has 1 N–H and O–H groups in total. The second kappa shape index (κ2) is 6.19. The maximum Gasteiger partial charge on any atom is 0.288 e. The fourth-order valence-corrected chi connectivity index (χ4v) is 3.94. The van der Waals surface area contributed by atoms with Gasteiger partial charge in [-0.05, 0) is 30.8 Å². The van der Waals surface area contributed by atoms with Gasteiger partial charge in [0.05, 0.1) is 10.8 Å². The molecule has 2 heterocycles. The monoisotopic (exact) mass is 485 g/mol. The number of nitrogens with zero attached hydrogens (tertiary/aromatic N) is 2. The van der Waals surface area contributed by atoms with E-state index in [4.69, 9.17) is 0 Å². The minimum absolute atomic E-state index is 0. The van der Waals surface area contributed by atoms with Gasteiger partial charge in [0.2, 0.25) is 0 Å². The summed E-state index contributed by atoms with van der Waals surface area (Å²) in [6, 6.07) is 8.55. The van der Waals surface area contributed by atoms with Crippen molar-refractivity contribution in [2.75, 3.05) is 11.0 Å². The molecule has 0 bridgehead atoms. The number of rotatable bonds is 2. The second-order valence-electron chi connectivity index (χ2n) is 4.30. The highest BCUT2D eigenvalue weighted by atomic mass is 127. The zero-order valence-corrected chi connectivity index (χ0v) is 15.0. The number of quaternary nitrogens is 1. The molecule has 1 fully saturated rings. The van der Waals surface area contributed by atoms with Crippen molar-refractivity contribution in [2.45, 2.75) is 12.2 Å². The van der Waals surface area contributed by atoms with Crippen molar-refractivity contribution in [1.82, 2.24) is 0 Å². The van der Waals surface area contributed by atoms with Crippen LogP contribution in [0.5, 0.6) is 0 Å². The number of hydrogen-bond acceptors (Lipinski definition) is 3. The number of benzene rings is 1. The van der Waals surface area contributed by atoms with Gasteiger partial charge in [0.25, 0.3) is 11.0 Å². The summed E-state index contributed by atoms with van der Waals surface area (Å²) in [6.45, 7) is 3.21. The molecule has 1 saturated heterocycles. The predicted octanol–water partition coefficient (Wildman–Crippen LogP) is -1.53. The van der Waals surface area contributed by atoms with Crippen molar-refractivity contribution >= 4 is 45.4 Å². The zero-order chi connectivity index (χ0) is 11.8. The summed E-state index contributed by atoms with van der Waals surface area (Å²) in [5, 5.41) is 10.5. The SMILES string of the molecule is Cc1ccc(C2=NN=C3SC(CI)C[NH+]32)cc1.[I-]. The summed E-state index contributed by atoms with van der Waals surface area (Å²) >= 11 is 4.32. The largest absolute Gasteiger partial charge is 1.00 e. The van der Waals surface area contributed by atoms with Crippen LogP contribution >= 0.6 is 34.4 Å². The molecular weight excluding hydrogens is 472 g/mol. The summed E-state index contributed by atoms with van der Waals surface area (Å²) in [7, 11) is 0. The number of amidine groups is 2. The van der Waals surface area contributed by atoms with E-state index < -0.39 is 0 Å². The number of thioether (sulfide) groups is 1. The molecule has 0 amide bonds. The summed E-state index contributed by atoms with van der Waals surface area (Å²) in [5.74, 6) is 1.08. The first-order valence-electron chi connectivity index (χ1n) is 5.60. The maximum absolute atomic E-state index is 4.33. The van der Waals surface area contributed by atoms with Crippen LogP contribution in [0.25, 0.3) is 0 Å². The minimum atomic E-state index is 0. The van der Waals surface area contributed by atoms with E-state index in [1.807, 2.05) is 11.8 Å². The Labute approximate surface area is 142 Å². The first kappa shape index (κ1) is 14.7. The molecule has 0 spiro atoms. The third kappa shape index (κ3) is 2.75. The summed E-state index contributed by atoms with van der Waals surface area (Å²) in [5.41, 5.74) is 2.48. The van der Waals surface area contributed by atoms with Crippen LogP contribution in [-0.4, -0.2) is 27.2 Å². The lowest BCUT2D eigenvalue weighted by Crippen LogP contribution is -3.14. The molecule has 2 aliphatic rings. The number of nitrogens with one attached hydrogen (secondary N) is 1. The van der Waals surface area contributed by atoms with Crippen LogP contribution in [0.4, 0.5) is 0 Å². The molecule has 0 aliphatic carbocycles. The molecular formula is C12H13I2N3S. The highest BCUT2D eigenvalue weighted by molar-refractivity contribution is 14.1. The molecule has 3 rings (SSSR count). The molecule has 0 saturated carbocycles. The smallest absolute Gasteiger partial charge is 0.288 e. The number of alkyl halides is 1. The number of aryl methyl sites for hydroxylation is 1. The van der Waals surface area contributed by atoms with Gasteiger partial charge in [-0.2, -0.15) is 0 Å². The first-order chi connectivity index (χ1) is 8.28. The summed E-state index contributed by atoms with van der Waals surface area (Å²) in [4.78, 5) is 1.35. The van der Waals surface area contributed by atoms with Gasteiger partial charge >= 0.3 is 0 Å². The van der Waals surface area contributed by atoms with Crippen LogP contribution < -0.4 is 28.9 Å². The van der Waals surface area contributed by atoms with Crippen molar-refractivity contribution in [3.05, 3.63) is 35.4 Å². The molecule has 1 aromatic carbocycles. The van der Waals surface area contributed by atoms with E-state index in [1.165, 1.54) is 20.5 Å². The molecule has 3 nitrogen and oxygen atoms in total. The highest BCUT2D eigenvalue weighted by Gasteiger charge is 2.41. The van der Waals surface area contributed by atoms with Gasteiger partial charge < -0.3 is 24.0 Å². The Balaban J connectivity index is 0.00000120. The second-order valence-corrected chi connectivity index (χ2v) is 6.47. The van der Waals surface area contributed by atoms with Gasteiger partial charge in [-0.15, -0.1) is 0 Å². The van der Waals surface area contributed by atoms with Gasteiger partial charge in [-0.25, -0.2) is 4.90 Å². The zero-order valence-electron chi connectivity index (χ0n) is 9.86. The van der Waals surface area contributed by atoms with Gasteiger partial charge in [-0.3, -0.25) is 0 Å². The van der Waals surface area contributed by atoms with Crippen molar-refractivity contribution in [3.63, 3.8) is 0 Å². The normalized spacial score (nSPS) is 25.2. The van der Waals surface area contributed by atoms with Crippen LogP contribution in [0.1, 0.15) is 11.1 Å². The fourth-order valence-electron chi connectivity index (χ4n) is 2.05. The Kier molecular flexibility index (Phi) is 5.06. The van der Waals surface area contributed by atoms with E-state index in [9.17, 15) is 0 Å². The molecule has 18 heavy (non-hydrogen) atoms. The van der Waals surface area contributed by atoms with E-state index in [-0.39, 0.29) is 24.0 Å². The summed E-state index contributed by atoms with van der Waals surface area (Å²) < 4.78 is 1.17. The highest BCUT2D eigenvalue weighted by Crippen LogP contribution is 2.20. The van der Waals surface area contributed by atoms with Crippen LogP contribution in [0, 0.1) is 6.92 Å². The average Bonchev–Trinajstić information content (AvgIpc) is 2.89. The quantitative estimate of drug-likeness (QED) is 0.400. The Morgan fingerprint density at radius 3 is 2.72 bits per heavy atom. The Morgan fingerprint density at radius 2 is 2.06 bits per heavy atom. The Bertz CT molecular complexity index is 499. The lowest BCUT2D eigenvalue weighted by Gasteiger charge is -2.08. The topological polar surface area (TPSA) is 29.2 Å². The average molecular weight is 485 g/mol. The van der Waals surface area contributed by atoms with Crippen LogP contribution in [-0.2, 0) is 0 Å². The van der Waals surface area contributed by atoms with E-state index >= 15 is 0 Å². The van der Waals surface area contributed by atoms with Gasteiger partial charge in [0, 0.05) is 4.43 Å². The molecule has 2 aliphatic heterocycles. The van der Waals surface area contributed by atoms with Crippen molar-refractivity contribution in [1.29, 1.82) is 0 Å². The van der Waals surface area contributed by atoms with E-state index in [0.717, 1.165) is 17.5 Å². The predicted molar refractivity (Wildman–Crippen MR) is 81.2 cm³/mol. The number of halogens is 2. The number of fused-ring (bicyclic) bond motifs is 1. The maximum atomic E-state index is 4.33. The first-order valence-corrected chi connectivity index (χ1v) is 8.00. The van der Waals surface area contributed by atoms with Crippen molar-refractivity contribution in [3.8, 4) is 0 Å². The molecule has 0 aromatic heterocycles. The lowest BCUT2D eigenvalue weighted by atomic mass is 10.1. The molecule has 1 aromatic rings. The van der Waals surface area contributed by atoms with Crippen molar-refractivity contribution < 1.29 is 28.9 Å². The van der Waals surface area contributed by atoms with Gasteiger partial charge in [0.1, 0.15) is 6.54 Å². The Morgan fingerprint density at radius 1 is 1.33 bits per heavy atom. The van der Waals surface area contributed by atoms with Crippen LogP contribution in [0.3, 0.4) is 0 Å². The van der Waals surface area contributed by atoms with Crippen LogP contribution in [0.15, 0.2) is 34.5 Å². The molecule has 2 unspecified atom stereocenters. The van der Waals surface area contributed by atoms with E-state index in [0.29, 0.717) is 5.25 Å². The fraction of sp³-hybridized carbons (Fsp3) is 0.333. The lowest BCUT2D eigenvalue weighted by molar-refractivity contribution is -0.688. The van der Waals surface area contributed by atoms with E-state index in [1.54, 1.807) is 0 Å². The molecule has 0 radical (unpaired) electrons. The Hall–Kier alpha value is 0.330. The molecule has 96 valence electrons. The van der Waals surface area contributed by atoms with Gasteiger partial charge in [-0.1, -0.05) is 50.5 Å². The molecule has 2 atom stereocenters. The van der Waals surface area contributed by atoms with E-state index in [2.05, 4.69) is 64.0 Å². The third-order valence-electron chi connectivity index (χ3n) is 2.99. The third-order valence-corrected chi connectivity index (χ3v) is 5.87. The van der Waals surface area contributed by atoms with Gasteiger partial charge in [0.15, 0.2) is 0 Å². The minimum Gasteiger partial charge on any atom is -1.00 e. The van der Waals surface area contributed by atoms with Crippen LogP contribution in [0.2, 0.25) is 0 Å².